The molecule has 1 aromatic heterocycles. The SMILES string of the molecule is COc1cc(/C=N\n2cnnc2)ccc1OS(=O)(=O)c1ccc(F)cc1. The molecule has 0 spiro atoms. The van der Waals surface area contributed by atoms with Crippen molar-refractivity contribution in [2.75, 3.05) is 7.11 Å². The number of methoxy groups -OCH3 is 1. The molecule has 0 radical (unpaired) electrons. The smallest absolute Gasteiger partial charge is 0.339 e. The molecule has 2 aromatic carbocycles. The molecule has 0 bridgehead atoms. The number of hydrogen-bond donors (Lipinski definition) is 0. The normalized spacial score (nSPS) is 11.6. The number of hydrogen-bond acceptors (Lipinski definition) is 7. The molecule has 1 heterocycles. The average Bonchev–Trinajstić information content (AvgIpc) is 3.14. The highest BCUT2D eigenvalue weighted by molar-refractivity contribution is 7.87. The average molecular weight is 376 g/mol. The number of halogens is 1. The molecule has 3 rings (SSSR count). The van der Waals surface area contributed by atoms with Crippen molar-refractivity contribution in [3.05, 3.63) is 66.5 Å². The van der Waals surface area contributed by atoms with E-state index in [4.69, 9.17) is 8.92 Å². The van der Waals surface area contributed by atoms with Crippen LogP contribution in [-0.2, 0) is 10.1 Å². The fourth-order valence-corrected chi connectivity index (χ4v) is 2.93. The lowest BCUT2D eigenvalue weighted by Gasteiger charge is -2.11. The maximum Gasteiger partial charge on any atom is 0.339 e. The van der Waals surface area contributed by atoms with Gasteiger partial charge in [0, 0.05) is 0 Å². The van der Waals surface area contributed by atoms with Gasteiger partial charge in [-0.2, -0.15) is 13.5 Å². The Labute approximate surface area is 148 Å². The fourth-order valence-electron chi connectivity index (χ4n) is 1.99. The molecule has 0 saturated carbocycles. The molecule has 0 aliphatic carbocycles. The van der Waals surface area contributed by atoms with Crippen LogP contribution in [0.3, 0.4) is 0 Å². The highest BCUT2D eigenvalue weighted by Gasteiger charge is 2.19. The van der Waals surface area contributed by atoms with Crippen LogP contribution >= 0.6 is 0 Å². The second-order valence-electron chi connectivity index (χ2n) is 4.99. The molecule has 0 saturated heterocycles. The fraction of sp³-hybridized carbons (Fsp3) is 0.0625. The lowest BCUT2D eigenvalue weighted by Crippen LogP contribution is -2.10. The summed E-state index contributed by atoms with van der Waals surface area (Å²) in [7, 11) is -2.74. The Morgan fingerprint density at radius 2 is 1.77 bits per heavy atom. The monoisotopic (exact) mass is 376 g/mol. The van der Waals surface area contributed by atoms with Gasteiger partial charge in [0.1, 0.15) is 23.4 Å². The van der Waals surface area contributed by atoms with Gasteiger partial charge in [-0.3, -0.25) is 0 Å². The van der Waals surface area contributed by atoms with Gasteiger partial charge >= 0.3 is 10.1 Å². The number of ether oxygens (including phenoxy) is 1. The third-order valence-electron chi connectivity index (χ3n) is 3.24. The van der Waals surface area contributed by atoms with E-state index in [1.807, 2.05) is 0 Å². The van der Waals surface area contributed by atoms with Gasteiger partial charge in [-0.1, -0.05) is 0 Å². The molecule has 0 unspecified atom stereocenters. The Balaban J connectivity index is 1.84. The zero-order valence-corrected chi connectivity index (χ0v) is 14.3. The van der Waals surface area contributed by atoms with E-state index in [1.54, 1.807) is 12.1 Å². The summed E-state index contributed by atoms with van der Waals surface area (Å²) in [6, 6.07) is 8.92. The highest BCUT2D eigenvalue weighted by atomic mass is 32.2. The molecule has 10 heteroatoms. The van der Waals surface area contributed by atoms with Gasteiger partial charge in [-0.05, 0) is 48.0 Å². The first kappa shape index (κ1) is 17.5. The molecule has 0 atom stereocenters. The standard InChI is InChI=1S/C16H13FN4O4S/c1-24-16-8-12(9-20-21-10-18-19-11-21)2-7-15(16)25-26(22,23)14-5-3-13(17)4-6-14/h2-11H,1H3/b20-9-. The van der Waals surface area contributed by atoms with Crippen LogP contribution in [-0.4, -0.2) is 36.6 Å². The Morgan fingerprint density at radius 1 is 1.08 bits per heavy atom. The largest absolute Gasteiger partial charge is 0.493 e. The van der Waals surface area contributed by atoms with Gasteiger partial charge in [-0.25, -0.2) is 9.07 Å². The quantitative estimate of drug-likeness (QED) is 0.483. The second kappa shape index (κ2) is 7.31. The Hall–Kier alpha value is -3.27. The topological polar surface area (TPSA) is 95.7 Å². The van der Waals surface area contributed by atoms with Gasteiger partial charge < -0.3 is 8.92 Å². The molecule has 0 aliphatic heterocycles. The number of nitrogens with zero attached hydrogens (tertiary/aromatic N) is 4. The molecule has 8 nitrogen and oxygen atoms in total. The van der Waals surface area contributed by atoms with Crippen molar-refractivity contribution in [2.45, 2.75) is 4.90 Å². The summed E-state index contributed by atoms with van der Waals surface area (Å²) in [4.78, 5) is -0.167. The number of rotatable bonds is 6. The molecule has 0 aliphatic rings. The van der Waals surface area contributed by atoms with Crippen LogP contribution in [0.4, 0.5) is 4.39 Å². The van der Waals surface area contributed by atoms with E-state index in [-0.39, 0.29) is 16.4 Å². The Morgan fingerprint density at radius 3 is 2.42 bits per heavy atom. The summed E-state index contributed by atoms with van der Waals surface area (Å²) in [5.74, 6) is -0.347. The van der Waals surface area contributed by atoms with Crippen molar-refractivity contribution in [1.29, 1.82) is 0 Å². The van der Waals surface area contributed by atoms with Crippen LogP contribution in [0, 0.1) is 5.82 Å². The molecule has 0 amide bonds. The van der Waals surface area contributed by atoms with E-state index in [0.717, 1.165) is 24.3 Å². The van der Waals surface area contributed by atoms with Crippen LogP contribution in [0.2, 0.25) is 0 Å². The summed E-state index contributed by atoms with van der Waals surface area (Å²) < 4.78 is 49.3. The van der Waals surface area contributed by atoms with Crippen LogP contribution < -0.4 is 8.92 Å². The minimum absolute atomic E-state index is 0.00160. The summed E-state index contributed by atoms with van der Waals surface area (Å²) in [5.41, 5.74) is 0.641. The maximum absolute atomic E-state index is 13.0. The second-order valence-corrected chi connectivity index (χ2v) is 6.53. The zero-order valence-electron chi connectivity index (χ0n) is 13.5. The molecular formula is C16H13FN4O4S. The predicted octanol–water partition coefficient (Wildman–Crippen LogP) is 2.08. The van der Waals surface area contributed by atoms with E-state index in [9.17, 15) is 12.8 Å². The van der Waals surface area contributed by atoms with E-state index in [1.165, 1.54) is 36.7 Å². The minimum Gasteiger partial charge on any atom is -0.493 e. The van der Waals surface area contributed by atoms with E-state index in [2.05, 4.69) is 15.3 Å². The number of benzene rings is 2. The van der Waals surface area contributed by atoms with Crippen LogP contribution in [0.5, 0.6) is 11.5 Å². The van der Waals surface area contributed by atoms with Gasteiger partial charge in [0.2, 0.25) is 0 Å². The van der Waals surface area contributed by atoms with Crippen molar-refractivity contribution in [3.63, 3.8) is 0 Å². The summed E-state index contributed by atoms with van der Waals surface area (Å²) in [6.07, 6.45) is 4.35. The van der Waals surface area contributed by atoms with Crippen LogP contribution in [0.1, 0.15) is 5.56 Å². The van der Waals surface area contributed by atoms with Gasteiger partial charge in [0.25, 0.3) is 0 Å². The van der Waals surface area contributed by atoms with Gasteiger partial charge in [0.05, 0.1) is 13.3 Å². The molecule has 3 aromatic rings. The Kier molecular flexibility index (Phi) is 4.94. The summed E-state index contributed by atoms with van der Waals surface area (Å²) in [5, 5.41) is 11.3. The summed E-state index contributed by atoms with van der Waals surface area (Å²) >= 11 is 0. The van der Waals surface area contributed by atoms with Crippen molar-refractivity contribution in [1.82, 2.24) is 14.9 Å². The maximum atomic E-state index is 13.0. The molecule has 134 valence electrons. The first-order valence-corrected chi connectivity index (χ1v) is 8.66. The third kappa shape index (κ3) is 4.03. The first-order chi connectivity index (χ1) is 12.5. The third-order valence-corrected chi connectivity index (χ3v) is 4.48. The molecular weight excluding hydrogens is 363 g/mol. The molecule has 26 heavy (non-hydrogen) atoms. The minimum atomic E-state index is -4.12. The lowest BCUT2D eigenvalue weighted by molar-refractivity contribution is 0.390. The summed E-state index contributed by atoms with van der Waals surface area (Å²) in [6.45, 7) is 0. The van der Waals surface area contributed by atoms with Crippen LogP contribution in [0.15, 0.2) is 65.1 Å². The zero-order chi connectivity index (χ0) is 18.6. The van der Waals surface area contributed by atoms with Crippen LogP contribution in [0.25, 0.3) is 0 Å². The van der Waals surface area contributed by atoms with Crippen molar-refractivity contribution in [2.24, 2.45) is 5.10 Å². The van der Waals surface area contributed by atoms with E-state index < -0.39 is 15.9 Å². The van der Waals surface area contributed by atoms with E-state index >= 15 is 0 Å². The predicted molar refractivity (Wildman–Crippen MR) is 90.2 cm³/mol. The molecule has 0 N–H and O–H groups in total. The van der Waals surface area contributed by atoms with Gasteiger partial charge in [0.15, 0.2) is 11.5 Å². The first-order valence-electron chi connectivity index (χ1n) is 7.25. The lowest BCUT2D eigenvalue weighted by atomic mass is 10.2. The van der Waals surface area contributed by atoms with Crippen molar-refractivity contribution in [3.8, 4) is 11.5 Å². The van der Waals surface area contributed by atoms with Gasteiger partial charge in [-0.15, -0.1) is 10.2 Å². The van der Waals surface area contributed by atoms with E-state index in [0.29, 0.717) is 5.56 Å². The molecule has 0 fully saturated rings. The van der Waals surface area contributed by atoms with Crippen molar-refractivity contribution < 1.29 is 21.7 Å². The Bertz CT molecular complexity index is 1020. The highest BCUT2D eigenvalue weighted by Crippen LogP contribution is 2.30. The van der Waals surface area contributed by atoms with Crippen molar-refractivity contribution >= 4 is 16.3 Å². The number of aromatic nitrogens is 3.